The molecule has 5 heteroatoms. The number of hydrogen-bond donors (Lipinski definition) is 0. The number of rotatable bonds is 18. The summed E-state index contributed by atoms with van der Waals surface area (Å²) < 4.78 is 27.6. The van der Waals surface area contributed by atoms with Gasteiger partial charge in [-0.3, -0.25) is 4.18 Å². The van der Waals surface area contributed by atoms with Crippen molar-refractivity contribution in [3.63, 3.8) is 0 Å². The van der Waals surface area contributed by atoms with E-state index in [-0.39, 0.29) is 5.75 Å². The Labute approximate surface area is 171 Å². The van der Waals surface area contributed by atoms with E-state index >= 15 is 0 Å². The Kier molecular flexibility index (Phi) is 23.9. The molecule has 0 radical (unpaired) electrons. The van der Waals surface area contributed by atoms with Crippen LogP contribution in [-0.2, 0) is 14.3 Å². The van der Waals surface area contributed by atoms with Crippen LogP contribution in [0.4, 0.5) is 0 Å². The van der Waals surface area contributed by atoms with Crippen molar-refractivity contribution >= 4 is 10.1 Å². The minimum absolute atomic E-state index is 0.144. The molecule has 0 rings (SSSR count). The third kappa shape index (κ3) is 30.8. The van der Waals surface area contributed by atoms with Crippen LogP contribution in [0.3, 0.4) is 0 Å². The van der Waals surface area contributed by atoms with Gasteiger partial charge >= 0.3 is 0 Å². The van der Waals surface area contributed by atoms with Crippen molar-refractivity contribution in [1.82, 2.24) is 4.90 Å². The highest BCUT2D eigenvalue weighted by Crippen LogP contribution is 2.13. The van der Waals surface area contributed by atoms with Gasteiger partial charge in [-0.15, -0.1) is 0 Å². The lowest BCUT2D eigenvalue weighted by Crippen LogP contribution is -2.10. The predicted molar refractivity (Wildman–Crippen MR) is 120 cm³/mol. The van der Waals surface area contributed by atoms with Crippen molar-refractivity contribution in [3.8, 4) is 0 Å². The van der Waals surface area contributed by atoms with Crippen LogP contribution in [0.5, 0.6) is 0 Å². The second-order valence-corrected chi connectivity index (χ2v) is 9.78. The van der Waals surface area contributed by atoms with Crippen LogP contribution in [0.25, 0.3) is 0 Å². The largest absolute Gasteiger partial charge is 0.312 e. The van der Waals surface area contributed by atoms with Crippen molar-refractivity contribution in [2.75, 3.05) is 33.5 Å². The minimum Gasteiger partial charge on any atom is -0.312 e. The molecule has 0 atom stereocenters. The van der Waals surface area contributed by atoms with Gasteiger partial charge in [0, 0.05) is 0 Å². The van der Waals surface area contributed by atoms with Gasteiger partial charge < -0.3 is 4.90 Å². The Morgan fingerprint density at radius 2 is 0.926 bits per heavy atom. The lowest BCUT2D eigenvalue weighted by Gasteiger charge is -2.05. The molecule has 0 heterocycles. The van der Waals surface area contributed by atoms with E-state index in [4.69, 9.17) is 4.18 Å². The Morgan fingerprint density at radius 1 is 0.593 bits per heavy atom. The molecule has 0 aliphatic heterocycles. The molecule has 0 aromatic carbocycles. The Bertz CT molecular complexity index is 367. The first-order valence-corrected chi connectivity index (χ1v) is 12.9. The van der Waals surface area contributed by atoms with Crippen molar-refractivity contribution in [2.45, 2.75) is 110 Å². The molecule has 0 aromatic rings. The summed E-state index contributed by atoms with van der Waals surface area (Å²) in [4.78, 5) is 2.00. The van der Waals surface area contributed by atoms with Crippen molar-refractivity contribution in [2.24, 2.45) is 0 Å². The molecular weight excluding hydrogens is 358 g/mol. The first-order valence-electron chi connectivity index (χ1n) is 11.3. The third-order valence-corrected chi connectivity index (χ3v) is 5.65. The highest BCUT2D eigenvalue weighted by atomic mass is 32.2. The number of nitrogens with zero attached hydrogens (tertiary/aromatic N) is 1. The molecule has 0 aliphatic carbocycles. The van der Waals surface area contributed by atoms with Crippen molar-refractivity contribution in [1.29, 1.82) is 0 Å². The molecule has 0 bridgehead atoms. The Morgan fingerprint density at radius 3 is 1.26 bits per heavy atom. The zero-order valence-corrected chi connectivity index (χ0v) is 19.9. The predicted octanol–water partition coefficient (Wildman–Crippen LogP) is 6.40. The summed E-state index contributed by atoms with van der Waals surface area (Å²) in [5, 5.41) is 0. The van der Waals surface area contributed by atoms with Gasteiger partial charge in [0.25, 0.3) is 10.1 Å². The molecule has 0 N–H and O–H groups in total. The Hall–Kier alpha value is -0.130. The number of hydrogen-bond acceptors (Lipinski definition) is 4. The van der Waals surface area contributed by atoms with Gasteiger partial charge in [-0.1, -0.05) is 97.3 Å². The van der Waals surface area contributed by atoms with Crippen LogP contribution in [0.2, 0.25) is 0 Å². The van der Waals surface area contributed by atoms with Crippen LogP contribution in [0.1, 0.15) is 110 Å². The van der Waals surface area contributed by atoms with E-state index in [1.165, 1.54) is 77.0 Å². The van der Waals surface area contributed by atoms with Crippen LogP contribution >= 0.6 is 0 Å². The monoisotopic (exact) mass is 407 g/mol. The topological polar surface area (TPSA) is 46.6 Å². The maximum Gasteiger partial charge on any atom is 0.267 e. The summed E-state index contributed by atoms with van der Waals surface area (Å²) >= 11 is 0. The van der Waals surface area contributed by atoms with Crippen LogP contribution < -0.4 is 0 Å². The standard InChI is InChI=1S/C19H40O3S.C3H9N/c1-3-5-6-7-8-9-10-11-12-13-14-15-16-17-18-22-23(20,21)19-4-2;1-4(2)3/h3-19H2,1-2H3;1-3H3. The molecule has 4 nitrogen and oxygen atoms in total. The molecule has 0 saturated carbocycles. The van der Waals surface area contributed by atoms with E-state index in [1.54, 1.807) is 0 Å². The molecule has 0 spiro atoms. The first-order chi connectivity index (χ1) is 12.9. The van der Waals surface area contributed by atoms with Gasteiger partial charge in [-0.2, -0.15) is 8.42 Å². The summed E-state index contributed by atoms with van der Waals surface area (Å²) in [5.41, 5.74) is 0. The zero-order valence-electron chi connectivity index (χ0n) is 19.1. The molecule has 0 fully saturated rings. The van der Waals surface area contributed by atoms with E-state index in [0.29, 0.717) is 13.0 Å². The molecule has 166 valence electrons. The second kappa shape index (κ2) is 22.2. The average molecular weight is 408 g/mol. The van der Waals surface area contributed by atoms with E-state index in [0.717, 1.165) is 12.8 Å². The summed E-state index contributed by atoms with van der Waals surface area (Å²) in [7, 11) is 2.75. The van der Waals surface area contributed by atoms with Crippen LogP contribution in [0, 0.1) is 0 Å². The lowest BCUT2D eigenvalue weighted by molar-refractivity contribution is 0.306. The van der Waals surface area contributed by atoms with E-state index in [1.807, 2.05) is 33.0 Å². The smallest absolute Gasteiger partial charge is 0.267 e. The van der Waals surface area contributed by atoms with Gasteiger partial charge in [0.1, 0.15) is 0 Å². The highest BCUT2D eigenvalue weighted by molar-refractivity contribution is 7.86. The maximum absolute atomic E-state index is 11.3. The zero-order chi connectivity index (χ0) is 20.8. The van der Waals surface area contributed by atoms with Gasteiger partial charge in [0.05, 0.1) is 12.4 Å². The average Bonchev–Trinajstić information content (AvgIpc) is 2.57. The summed E-state index contributed by atoms with van der Waals surface area (Å²) in [6, 6.07) is 0. The van der Waals surface area contributed by atoms with Gasteiger partial charge in [-0.25, -0.2) is 0 Å². The van der Waals surface area contributed by atoms with E-state index in [9.17, 15) is 8.42 Å². The summed E-state index contributed by atoms with van der Waals surface area (Å²) in [6.45, 7) is 4.48. The van der Waals surface area contributed by atoms with Gasteiger partial charge in [0.2, 0.25) is 0 Å². The highest BCUT2D eigenvalue weighted by Gasteiger charge is 2.08. The van der Waals surface area contributed by atoms with Crippen molar-refractivity contribution < 1.29 is 12.6 Å². The normalized spacial score (nSPS) is 11.5. The van der Waals surface area contributed by atoms with E-state index in [2.05, 4.69) is 6.92 Å². The molecule has 0 aromatic heterocycles. The molecular formula is C22H49NO3S. The summed E-state index contributed by atoms with van der Waals surface area (Å²) in [5.74, 6) is 0.144. The quantitative estimate of drug-likeness (QED) is 0.195. The van der Waals surface area contributed by atoms with Crippen molar-refractivity contribution in [3.05, 3.63) is 0 Å². The molecule has 0 amide bonds. The van der Waals surface area contributed by atoms with E-state index < -0.39 is 10.1 Å². The fourth-order valence-electron chi connectivity index (χ4n) is 2.79. The number of unbranched alkanes of at least 4 members (excludes halogenated alkanes) is 13. The Balaban J connectivity index is 0. The fourth-order valence-corrected chi connectivity index (χ4v) is 3.78. The van der Waals surface area contributed by atoms with Gasteiger partial charge in [0.15, 0.2) is 0 Å². The second-order valence-electron chi connectivity index (χ2n) is 8.02. The molecule has 0 unspecified atom stereocenters. The first kappa shape index (κ1) is 29.1. The van der Waals surface area contributed by atoms with Crippen LogP contribution in [0.15, 0.2) is 0 Å². The molecule has 0 aliphatic rings. The molecule has 27 heavy (non-hydrogen) atoms. The minimum atomic E-state index is -3.25. The maximum atomic E-state index is 11.3. The molecule has 0 saturated heterocycles. The fraction of sp³-hybridized carbons (Fsp3) is 1.00. The third-order valence-electron chi connectivity index (χ3n) is 4.21. The van der Waals surface area contributed by atoms with Gasteiger partial charge in [-0.05, 0) is 34.0 Å². The SMILES string of the molecule is CCCCCCCCCCCCCCCCOS(=O)(=O)CCC.CN(C)C. The van der Waals surface area contributed by atoms with Crippen LogP contribution in [-0.4, -0.2) is 46.8 Å². The summed E-state index contributed by atoms with van der Waals surface area (Å²) in [6.07, 6.45) is 18.9. The lowest BCUT2D eigenvalue weighted by atomic mass is 10.0.